The van der Waals surface area contributed by atoms with Gasteiger partial charge in [0.25, 0.3) is 0 Å². The van der Waals surface area contributed by atoms with Crippen LogP contribution in [-0.2, 0) is 9.59 Å². The maximum atomic E-state index is 13.0. The van der Waals surface area contributed by atoms with Gasteiger partial charge in [-0.2, -0.15) is 0 Å². The Kier molecular flexibility index (Phi) is 29.5. The molecule has 0 aromatic rings. The predicted octanol–water partition coefficient (Wildman–Crippen LogP) is 14.3. The molecule has 0 amide bonds. The van der Waals surface area contributed by atoms with E-state index in [-0.39, 0.29) is 11.6 Å². The van der Waals surface area contributed by atoms with Crippen molar-refractivity contribution in [1.29, 1.82) is 0 Å². The van der Waals surface area contributed by atoms with E-state index in [2.05, 4.69) is 13.8 Å². The second kappa shape index (κ2) is 31.8. The normalized spacial score (nSPS) is 13.5. The van der Waals surface area contributed by atoms with Crippen LogP contribution in [0.2, 0.25) is 0 Å². The number of hydrogen-bond acceptors (Lipinski definition) is 2. The van der Waals surface area contributed by atoms with Crippen LogP contribution >= 0.6 is 0 Å². The van der Waals surface area contributed by atoms with Crippen molar-refractivity contribution >= 4 is 11.6 Å². The van der Waals surface area contributed by atoms with Crippen molar-refractivity contribution in [3.05, 3.63) is 23.3 Å². The number of Topliss-reactive ketones (excluding diaryl/α,β-unsaturated/α-hetero) is 1. The quantitative estimate of drug-likeness (QED) is 0.0535. The molecule has 0 heterocycles. The van der Waals surface area contributed by atoms with Crippen molar-refractivity contribution in [2.24, 2.45) is 0 Å². The van der Waals surface area contributed by atoms with E-state index in [4.69, 9.17) is 0 Å². The van der Waals surface area contributed by atoms with Crippen LogP contribution in [0.5, 0.6) is 0 Å². The highest BCUT2D eigenvalue weighted by Gasteiger charge is 2.20. The molecule has 0 aromatic heterocycles. The molecule has 1 aliphatic carbocycles. The first kappa shape index (κ1) is 40.8. The standard InChI is InChI=1S/C42H76O2/c1-3-5-7-9-11-13-15-17-19-21-23-25-27-29-31-33-35-39-37-41(43)38-40(42(39)44)36-34-32-30-28-26-24-22-20-18-16-14-12-10-8-6-4-2/h37-38H,3-36H2,1-2H3. The summed E-state index contributed by atoms with van der Waals surface area (Å²) in [6, 6.07) is 0. The lowest BCUT2D eigenvalue weighted by Gasteiger charge is -2.14. The average molecular weight is 613 g/mol. The Hall–Kier alpha value is -1.18. The van der Waals surface area contributed by atoms with Crippen LogP contribution in [-0.4, -0.2) is 11.6 Å². The fourth-order valence-electron chi connectivity index (χ4n) is 6.82. The number of carbonyl (C=O) groups is 2. The topological polar surface area (TPSA) is 34.1 Å². The lowest BCUT2D eigenvalue weighted by molar-refractivity contribution is -0.115. The third kappa shape index (κ3) is 25.1. The Morgan fingerprint density at radius 2 is 0.523 bits per heavy atom. The minimum Gasteiger partial charge on any atom is -0.290 e. The smallest absolute Gasteiger partial charge is 0.185 e. The zero-order chi connectivity index (χ0) is 31.8. The molecular formula is C42H76O2. The van der Waals surface area contributed by atoms with Gasteiger partial charge in [0.15, 0.2) is 11.6 Å². The van der Waals surface area contributed by atoms with E-state index < -0.39 is 0 Å². The number of rotatable bonds is 34. The molecule has 0 spiro atoms. The van der Waals surface area contributed by atoms with Crippen molar-refractivity contribution < 1.29 is 9.59 Å². The van der Waals surface area contributed by atoms with Crippen LogP contribution in [0, 0.1) is 0 Å². The van der Waals surface area contributed by atoms with Gasteiger partial charge < -0.3 is 0 Å². The Labute approximate surface area is 276 Å². The van der Waals surface area contributed by atoms with Gasteiger partial charge in [-0.15, -0.1) is 0 Å². The molecular weight excluding hydrogens is 536 g/mol. The summed E-state index contributed by atoms with van der Waals surface area (Å²) in [6.45, 7) is 4.57. The van der Waals surface area contributed by atoms with Gasteiger partial charge >= 0.3 is 0 Å². The third-order valence-electron chi connectivity index (χ3n) is 9.82. The number of allylic oxidation sites excluding steroid dienone is 4. The summed E-state index contributed by atoms with van der Waals surface area (Å²) in [5.41, 5.74) is 1.55. The summed E-state index contributed by atoms with van der Waals surface area (Å²) in [5.74, 6) is 0.189. The fourth-order valence-corrected chi connectivity index (χ4v) is 6.82. The van der Waals surface area contributed by atoms with Crippen molar-refractivity contribution in [3.8, 4) is 0 Å². The Bertz CT molecular complexity index is 672. The predicted molar refractivity (Wildman–Crippen MR) is 195 cm³/mol. The van der Waals surface area contributed by atoms with Gasteiger partial charge in [-0.1, -0.05) is 206 Å². The molecule has 44 heavy (non-hydrogen) atoms. The van der Waals surface area contributed by atoms with E-state index in [0.29, 0.717) is 0 Å². The summed E-state index contributed by atoms with van der Waals surface area (Å²) in [5, 5.41) is 0. The molecule has 2 heteroatoms. The van der Waals surface area contributed by atoms with Crippen LogP contribution in [0.4, 0.5) is 0 Å². The van der Waals surface area contributed by atoms with Crippen LogP contribution in [0.25, 0.3) is 0 Å². The van der Waals surface area contributed by atoms with Crippen molar-refractivity contribution in [1.82, 2.24) is 0 Å². The third-order valence-corrected chi connectivity index (χ3v) is 9.82. The van der Waals surface area contributed by atoms with Gasteiger partial charge in [-0.25, -0.2) is 0 Å². The first-order chi connectivity index (χ1) is 21.7. The molecule has 0 atom stereocenters. The molecule has 0 radical (unpaired) electrons. The minimum atomic E-state index is 0.0302. The molecule has 2 nitrogen and oxygen atoms in total. The Morgan fingerprint density at radius 1 is 0.318 bits per heavy atom. The summed E-state index contributed by atoms with van der Waals surface area (Å²) >= 11 is 0. The molecule has 0 saturated heterocycles. The molecule has 256 valence electrons. The lowest BCUT2D eigenvalue weighted by Crippen LogP contribution is -2.14. The van der Waals surface area contributed by atoms with E-state index >= 15 is 0 Å². The van der Waals surface area contributed by atoms with Crippen molar-refractivity contribution in [3.63, 3.8) is 0 Å². The molecule has 0 unspecified atom stereocenters. The Balaban J connectivity index is 1.93. The molecule has 0 aromatic carbocycles. The van der Waals surface area contributed by atoms with E-state index in [1.54, 1.807) is 12.2 Å². The van der Waals surface area contributed by atoms with E-state index in [1.807, 2.05) is 0 Å². The highest BCUT2D eigenvalue weighted by atomic mass is 16.1. The summed E-state index contributed by atoms with van der Waals surface area (Å²) in [4.78, 5) is 25.2. The fraction of sp³-hybridized carbons (Fsp3) is 0.857. The number of ketones is 2. The van der Waals surface area contributed by atoms with Gasteiger partial charge in [0, 0.05) is 11.1 Å². The molecule has 1 aliphatic rings. The summed E-state index contributed by atoms with van der Waals surface area (Å²) < 4.78 is 0. The largest absolute Gasteiger partial charge is 0.290 e. The zero-order valence-corrected chi connectivity index (χ0v) is 30.0. The molecule has 0 fully saturated rings. The second-order valence-corrected chi connectivity index (χ2v) is 14.2. The molecule has 1 rings (SSSR count). The van der Waals surface area contributed by atoms with Gasteiger partial charge in [0.1, 0.15) is 0 Å². The zero-order valence-electron chi connectivity index (χ0n) is 30.0. The molecule has 0 saturated carbocycles. The maximum Gasteiger partial charge on any atom is 0.185 e. The van der Waals surface area contributed by atoms with Crippen LogP contribution < -0.4 is 0 Å². The lowest BCUT2D eigenvalue weighted by atomic mass is 9.89. The van der Waals surface area contributed by atoms with Crippen LogP contribution in [0.3, 0.4) is 0 Å². The average Bonchev–Trinajstić information content (AvgIpc) is 3.02. The van der Waals surface area contributed by atoms with Gasteiger partial charge in [-0.05, 0) is 37.8 Å². The molecule has 0 bridgehead atoms. The van der Waals surface area contributed by atoms with Gasteiger partial charge in [0.2, 0.25) is 0 Å². The summed E-state index contributed by atoms with van der Waals surface area (Å²) in [6.07, 6.45) is 48.1. The van der Waals surface area contributed by atoms with Crippen LogP contribution in [0.15, 0.2) is 23.3 Å². The summed E-state index contributed by atoms with van der Waals surface area (Å²) in [7, 11) is 0. The highest BCUT2D eigenvalue weighted by molar-refractivity contribution is 6.20. The maximum absolute atomic E-state index is 13.0. The van der Waals surface area contributed by atoms with Crippen molar-refractivity contribution in [2.45, 2.75) is 232 Å². The second-order valence-electron chi connectivity index (χ2n) is 14.2. The SMILES string of the molecule is CCCCCCCCCCCCCCCCCCC1=CC(=O)C=C(CCCCCCCCCCCCCCCCCC)C1=O. The van der Waals surface area contributed by atoms with Crippen LogP contribution in [0.1, 0.15) is 232 Å². The monoisotopic (exact) mass is 613 g/mol. The number of hydrogen-bond donors (Lipinski definition) is 0. The van der Waals surface area contributed by atoms with E-state index in [0.717, 1.165) is 36.8 Å². The number of carbonyl (C=O) groups excluding carboxylic acids is 2. The molecule has 0 N–H and O–H groups in total. The van der Waals surface area contributed by atoms with Crippen molar-refractivity contribution in [2.75, 3.05) is 0 Å². The van der Waals surface area contributed by atoms with Gasteiger partial charge in [0.05, 0.1) is 0 Å². The highest BCUT2D eigenvalue weighted by Crippen LogP contribution is 2.24. The first-order valence-electron chi connectivity index (χ1n) is 20.2. The van der Waals surface area contributed by atoms with Gasteiger partial charge in [-0.3, -0.25) is 9.59 Å². The minimum absolute atomic E-state index is 0.0302. The molecule has 0 aliphatic heterocycles. The van der Waals surface area contributed by atoms with E-state index in [9.17, 15) is 9.59 Å². The van der Waals surface area contributed by atoms with E-state index in [1.165, 1.54) is 193 Å². The first-order valence-corrected chi connectivity index (χ1v) is 20.2. The Morgan fingerprint density at radius 3 is 0.750 bits per heavy atom. The number of unbranched alkanes of at least 4 members (excludes halogenated alkanes) is 30.